The van der Waals surface area contributed by atoms with E-state index in [0.29, 0.717) is 0 Å². The predicted octanol–water partition coefficient (Wildman–Crippen LogP) is 7.00. The largest absolute Gasteiger partial charge is 0.466 e. The van der Waals surface area contributed by atoms with Crippen LogP contribution in [0.2, 0.25) is 0 Å². The molecule has 0 aromatic heterocycles. The lowest BCUT2D eigenvalue weighted by molar-refractivity contribution is 0.0227. The summed E-state index contributed by atoms with van der Waals surface area (Å²) < 4.78 is 12.8. The Morgan fingerprint density at radius 1 is 0.675 bits per heavy atom. The Bertz CT molecular complexity index is 1530. The van der Waals surface area contributed by atoms with E-state index in [0.717, 1.165) is 59.3 Å². The molecule has 0 fully saturated rings. The highest BCUT2D eigenvalue weighted by Gasteiger charge is 2.47. The Morgan fingerprint density at radius 3 is 1.60 bits per heavy atom. The average molecular weight is 567 g/mol. The molecule has 8 heteroatoms. The van der Waals surface area contributed by atoms with Crippen LogP contribution in [0.25, 0.3) is 0 Å². The number of nitrogens with zero attached hydrogens (tertiary/aromatic N) is 4. The van der Waals surface area contributed by atoms with E-state index >= 15 is 0 Å². The molecular formula is C32H30N4O2S2. The van der Waals surface area contributed by atoms with Crippen molar-refractivity contribution in [3.05, 3.63) is 94.0 Å². The van der Waals surface area contributed by atoms with E-state index in [1.165, 1.54) is 33.4 Å². The van der Waals surface area contributed by atoms with E-state index in [1.807, 2.05) is 23.5 Å². The molecule has 6 nitrogen and oxygen atoms in total. The van der Waals surface area contributed by atoms with Gasteiger partial charge in [0, 0.05) is 48.6 Å². The van der Waals surface area contributed by atoms with Gasteiger partial charge in [0.1, 0.15) is 11.5 Å². The molecule has 0 amide bonds. The molecule has 0 N–H and O–H groups in total. The highest BCUT2D eigenvalue weighted by Crippen LogP contribution is 2.51. The fraction of sp³-hybridized carbons (Fsp3) is 0.375. The average Bonchev–Trinajstić information content (AvgIpc) is 3.22. The number of ether oxygens (including phenoxy) is 2. The highest BCUT2D eigenvalue weighted by atomic mass is 32.2. The van der Waals surface area contributed by atoms with E-state index in [2.05, 4.69) is 84.3 Å². The number of rotatable bonds is 0. The Morgan fingerprint density at radius 2 is 1.12 bits per heavy atom. The normalized spacial score (nSPS) is 30.8. The summed E-state index contributed by atoms with van der Waals surface area (Å²) in [4.78, 5) is 15.4. The van der Waals surface area contributed by atoms with Crippen molar-refractivity contribution in [2.24, 2.45) is 9.98 Å². The van der Waals surface area contributed by atoms with Gasteiger partial charge in [0.2, 0.25) is 11.4 Å². The van der Waals surface area contributed by atoms with Crippen LogP contribution in [-0.4, -0.2) is 31.6 Å². The van der Waals surface area contributed by atoms with Crippen molar-refractivity contribution in [2.45, 2.75) is 74.8 Å². The zero-order valence-corrected chi connectivity index (χ0v) is 24.2. The highest BCUT2D eigenvalue weighted by molar-refractivity contribution is 8.13. The fourth-order valence-electron chi connectivity index (χ4n) is 7.28. The van der Waals surface area contributed by atoms with Crippen molar-refractivity contribution in [2.75, 3.05) is 0 Å². The van der Waals surface area contributed by atoms with Gasteiger partial charge >= 0.3 is 0 Å². The van der Waals surface area contributed by atoms with Gasteiger partial charge in [-0.25, -0.2) is 9.98 Å². The summed E-state index contributed by atoms with van der Waals surface area (Å²) in [5.74, 6) is 3.79. The molecule has 6 aliphatic rings. The summed E-state index contributed by atoms with van der Waals surface area (Å²) in [6.45, 7) is 6.02. The lowest BCUT2D eigenvalue weighted by atomic mass is 9.90. The van der Waals surface area contributed by atoms with Crippen LogP contribution >= 0.6 is 23.5 Å². The Hall–Kier alpha value is -3.10. The van der Waals surface area contributed by atoms with Crippen LogP contribution in [0.4, 0.5) is 0 Å². The maximum Gasteiger partial charge on any atom is 0.202 e. The second-order valence-electron chi connectivity index (χ2n) is 12.1. The first-order valence-electron chi connectivity index (χ1n) is 14.1. The summed E-state index contributed by atoms with van der Waals surface area (Å²) in [6.07, 6.45) is 1.76. The van der Waals surface area contributed by atoms with Crippen LogP contribution in [0.3, 0.4) is 0 Å². The number of thioether (sulfide) groups is 2. The van der Waals surface area contributed by atoms with E-state index in [9.17, 15) is 0 Å². The molecule has 0 spiro atoms. The number of para-hydroxylation sites is 2. The van der Waals surface area contributed by atoms with Crippen LogP contribution in [0.1, 0.15) is 72.2 Å². The maximum absolute atomic E-state index is 6.41. The molecule has 0 saturated carbocycles. The van der Waals surface area contributed by atoms with E-state index in [-0.39, 0.29) is 12.1 Å². The summed E-state index contributed by atoms with van der Waals surface area (Å²) in [5, 5.41) is 2.22. The molecule has 0 saturated heterocycles. The second-order valence-corrected chi connectivity index (χ2v) is 14.0. The van der Waals surface area contributed by atoms with Crippen molar-refractivity contribution in [1.82, 2.24) is 9.80 Å². The van der Waals surface area contributed by atoms with Crippen molar-refractivity contribution in [3.8, 4) is 11.5 Å². The number of hydrogen-bond donors (Lipinski definition) is 0. The smallest absolute Gasteiger partial charge is 0.202 e. The molecule has 6 heterocycles. The van der Waals surface area contributed by atoms with Gasteiger partial charge in [0.15, 0.2) is 10.3 Å². The van der Waals surface area contributed by atoms with E-state index in [1.54, 1.807) is 0 Å². The fourth-order valence-corrected chi connectivity index (χ4v) is 9.61. The minimum Gasteiger partial charge on any atom is -0.466 e. The summed E-state index contributed by atoms with van der Waals surface area (Å²) in [5.41, 5.74) is 7.25. The first kappa shape index (κ1) is 23.6. The van der Waals surface area contributed by atoms with Crippen molar-refractivity contribution < 1.29 is 9.47 Å². The molecule has 4 atom stereocenters. The van der Waals surface area contributed by atoms with Gasteiger partial charge in [-0.1, -0.05) is 72.1 Å². The third-order valence-corrected chi connectivity index (χ3v) is 11.3. The topological polar surface area (TPSA) is 49.7 Å². The van der Waals surface area contributed by atoms with Gasteiger partial charge in [-0.05, 0) is 48.2 Å². The number of fused-ring (bicyclic) bond motifs is 14. The van der Waals surface area contributed by atoms with Gasteiger partial charge in [-0.2, -0.15) is 0 Å². The van der Waals surface area contributed by atoms with Crippen molar-refractivity contribution in [3.63, 3.8) is 0 Å². The zero-order valence-electron chi connectivity index (χ0n) is 22.6. The Kier molecular flexibility index (Phi) is 4.85. The predicted molar refractivity (Wildman–Crippen MR) is 161 cm³/mol. The molecule has 6 aliphatic heterocycles. The molecule has 0 unspecified atom stereocenters. The molecule has 202 valence electrons. The Balaban J connectivity index is 1.09. The van der Waals surface area contributed by atoms with Gasteiger partial charge in [0.05, 0.1) is 12.1 Å². The lowest BCUT2D eigenvalue weighted by Crippen LogP contribution is -2.49. The third kappa shape index (κ3) is 3.51. The van der Waals surface area contributed by atoms with Crippen molar-refractivity contribution >= 4 is 33.9 Å². The van der Waals surface area contributed by atoms with Gasteiger partial charge in [-0.3, -0.25) is 0 Å². The SMILES string of the molecule is C[C@@]12C[C@@H](c3ccccc3O1)N1Cc3cc4c(cc3CSC1=N2)CN1C(=N[C@@]2(C)C[C@@H]1c1ccccc1O2)SC4. The van der Waals surface area contributed by atoms with E-state index < -0.39 is 11.4 Å². The standard InChI is InChI=1S/C32H30N4O2S2/c1-31-13-25(23-7-3-5-9-27(23)37-31)35-15-19-11-22-18-40-30-34-32(2)14-26(24-8-4-6-10-28(24)38-32)36(30)16-20(22)12-21(19)17-39-29(35)33-31/h3-12,25-26H,13-18H2,1-2H3/t25-,26+,31-,32+. The van der Waals surface area contributed by atoms with Crippen LogP contribution in [0.15, 0.2) is 70.6 Å². The molecule has 0 aliphatic carbocycles. The number of amidine groups is 2. The van der Waals surface area contributed by atoms with Gasteiger partial charge in [0.25, 0.3) is 0 Å². The molecule has 40 heavy (non-hydrogen) atoms. The minimum atomic E-state index is -0.499. The Labute approximate surface area is 242 Å². The molecule has 3 aromatic rings. The third-order valence-electron chi connectivity index (χ3n) is 9.18. The lowest BCUT2D eigenvalue weighted by Gasteiger charge is -2.47. The zero-order chi connectivity index (χ0) is 26.6. The second kappa shape index (κ2) is 8.23. The molecule has 9 rings (SSSR count). The first-order valence-corrected chi connectivity index (χ1v) is 16.1. The molecule has 4 bridgehead atoms. The molecule has 3 aromatic carbocycles. The quantitative estimate of drug-likeness (QED) is 0.292. The minimum absolute atomic E-state index is 0.275. The molecule has 0 radical (unpaired) electrons. The maximum atomic E-state index is 6.41. The summed E-state index contributed by atoms with van der Waals surface area (Å²) in [7, 11) is 0. The number of hydrogen-bond acceptors (Lipinski definition) is 8. The van der Waals surface area contributed by atoms with Crippen LogP contribution in [0, 0.1) is 0 Å². The van der Waals surface area contributed by atoms with Crippen LogP contribution < -0.4 is 9.47 Å². The number of aliphatic imine (C=N–C) groups is 2. The van der Waals surface area contributed by atoms with Crippen LogP contribution in [-0.2, 0) is 24.6 Å². The van der Waals surface area contributed by atoms with Gasteiger partial charge < -0.3 is 19.3 Å². The monoisotopic (exact) mass is 566 g/mol. The van der Waals surface area contributed by atoms with Crippen LogP contribution in [0.5, 0.6) is 11.5 Å². The first-order chi connectivity index (χ1) is 19.4. The van der Waals surface area contributed by atoms with E-state index in [4.69, 9.17) is 19.5 Å². The van der Waals surface area contributed by atoms with Gasteiger partial charge in [-0.15, -0.1) is 0 Å². The summed E-state index contributed by atoms with van der Waals surface area (Å²) in [6, 6.07) is 22.5. The summed E-state index contributed by atoms with van der Waals surface area (Å²) >= 11 is 3.72. The molecular weight excluding hydrogens is 537 g/mol. The number of benzene rings is 3. The van der Waals surface area contributed by atoms with Crippen molar-refractivity contribution in [1.29, 1.82) is 0 Å².